The summed E-state index contributed by atoms with van der Waals surface area (Å²) in [6, 6.07) is 47.5. The summed E-state index contributed by atoms with van der Waals surface area (Å²) >= 11 is 6.05. The number of nitro groups is 2. The van der Waals surface area contributed by atoms with Gasteiger partial charge in [-0.2, -0.15) is 0 Å². The van der Waals surface area contributed by atoms with Crippen LogP contribution in [0.4, 0.5) is 17.1 Å². The van der Waals surface area contributed by atoms with E-state index in [1.807, 2.05) is 166 Å². The van der Waals surface area contributed by atoms with Crippen molar-refractivity contribution in [3.05, 3.63) is 284 Å². The van der Waals surface area contributed by atoms with Gasteiger partial charge in [-0.3, -0.25) is 30.0 Å². The largest absolute Gasteiger partial charge is 0.496 e. The number of benzene rings is 8. The molecular weight excluding hydrogens is 1480 g/mol. The zero-order valence-electron chi connectivity index (χ0n) is 63.7. The maximum atomic E-state index is 12.6. The number of anilines is 1. The van der Waals surface area contributed by atoms with Gasteiger partial charge in [-0.05, 0) is 237 Å². The highest BCUT2D eigenvalue weighted by molar-refractivity contribution is 7.90. The fraction of sp³-hybridized carbons (Fsp3) is 0.341. The molecule has 4 saturated carbocycles. The lowest BCUT2D eigenvalue weighted by Crippen LogP contribution is -2.47. The number of sulfonamides is 4. The van der Waals surface area contributed by atoms with Crippen LogP contribution in [0.2, 0.25) is 5.02 Å². The molecule has 0 spiro atoms. The molecule has 0 unspecified atom stereocenters. The summed E-state index contributed by atoms with van der Waals surface area (Å²) in [6.07, 6.45) is 9.96. The average Bonchev–Trinajstić information content (AvgIpc) is 0.708. The second kappa shape index (κ2) is 37.1. The van der Waals surface area contributed by atoms with Gasteiger partial charge in [0, 0.05) is 72.8 Å². The Kier molecular flexibility index (Phi) is 29.1. The predicted molar refractivity (Wildman–Crippen MR) is 427 cm³/mol. The molecule has 13 rings (SSSR count). The Labute approximate surface area is 646 Å². The molecule has 8 aromatic carbocycles. The summed E-state index contributed by atoms with van der Waals surface area (Å²) in [5, 5.41) is 25.0. The molecule has 0 radical (unpaired) electrons. The van der Waals surface area contributed by atoms with Crippen molar-refractivity contribution in [1.82, 2.24) is 23.9 Å². The minimum Gasteiger partial charge on any atom is -0.496 e. The third-order valence-electron chi connectivity index (χ3n) is 19.4. The smallest absolute Gasteiger partial charge is 0.270 e. The Morgan fingerprint density at radius 3 is 1.27 bits per heavy atom. The first-order valence-electron chi connectivity index (χ1n) is 35.6. The lowest BCUT2D eigenvalue weighted by molar-refractivity contribution is -0.385. The number of nitro benzene ring substituents is 2. The van der Waals surface area contributed by atoms with Gasteiger partial charge < -0.3 is 10.1 Å². The maximum Gasteiger partial charge on any atom is 0.270 e. The van der Waals surface area contributed by atoms with E-state index >= 15 is 0 Å². The van der Waals surface area contributed by atoms with Gasteiger partial charge in [0.15, 0.2) is 0 Å². The van der Waals surface area contributed by atoms with Crippen LogP contribution in [0.1, 0.15) is 134 Å². The van der Waals surface area contributed by atoms with Crippen LogP contribution in [0, 0.1) is 126 Å². The number of carbonyl (C=O) groups excluding carboxylic acids is 1. The number of hydrogen-bond acceptors (Lipinski definition) is 15. The van der Waals surface area contributed by atoms with E-state index in [0.29, 0.717) is 60.9 Å². The molecule has 1 aromatic heterocycles. The van der Waals surface area contributed by atoms with Crippen LogP contribution < -0.4 is 28.9 Å². The molecule has 9 aromatic rings. The number of non-ortho nitro benzene ring substituents is 2. The van der Waals surface area contributed by atoms with Crippen molar-refractivity contribution >= 4 is 74.7 Å². The highest BCUT2D eigenvalue weighted by Gasteiger charge is 2.51. The zero-order chi connectivity index (χ0) is 79.9. The quantitative estimate of drug-likeness (QED) is 0.0311. The van der Waals surface area contributed by atoms with Gasteiger partial charge in [-0.25, -0.2) is 52.6 Å². The number of amides is 1. The standard InChI is InChI=1S/C18H22N2O3.C17H21NO3S.C17H21NO2S.C16H18ClNO2S.C14H15N3O4S/c21-17(19-15-1-3-16(4-2-15)20(22)23)11-18-8-12-5-13(9-18)7-14(6-12)10-18;1-12-9-13(2)17(14(3)10-12)22(19,20)18-11-15-7-5-6-8-16(15)21-4;1-12-6-5-7-16(10-12)11-18-21(19,20)17-14(3)8-13(2)9-15(17)4;1-11-8-12(2)16(13(3)9-11)21(19,20)18-10-14-6-4-5-7-15(14)17;1-10-7-13(17(18)19)8-11(2)14(10)22(20,21)16-9-12-5-3-4-6-15-12/h1-4,12-14H,5-11H2,(H,19,21);5-10,18H,11H2,1-4H3;5-10,18H,11H2,1-4H3;4-9,18H,10H2,1-3H3;3-8,16H,9H2,1-2H3. The fourth-order valence-corrected chi connectivity index (χ4v) is 21.8. The highest BCUT2D eigenvalue weighted by Crippen LogP contribution is 2.61. The zero-order valence-corrected chi connectivity index (χ0v) is 67.8. The van der Waals surface area contributed by atoms with Gasteiger partial charge in [0.2, 0.25) is 46.0 Å². The Balaban J connectivity index is 0.000000172. The van der Waals surface area contributed by atoms with Crippen LogP contribution in [-0.2, 0) is 71.1 Å². The number of nitrogens with one attached hydrogen (secondary N) is 5. The number of halogens is 1. The molecule has 580 valence electrons. The van der Waals surface area contributed by atoms with E-state index in [4.69, 9.17) is 16.3 Å². The predicted octanol–water partition coefficient (Wildman–Crippen LogP) is 16.5. The minimum absolute atomic E-state index is 0.0454. The van der Waals surface area contributed by atoms with E-state index in [9.17, 15) is 58.7 Å². The molecule has 0 aliphatic heterocycles. The number of para-hydroxylation sites is 1. The number of aromatic nitrogens is 1. The molecular formula is C82H97ClN8O14S4. The Bertz CT molecular complexity index is 5150. The van der Waals surface area contributed by atoms with Crippen LogP contribution in [-0.4, -0.2) is 61.5 Å². The van der Waals surface area contributed by atoms with Gasteiger partial charge in [0.1, 0.15) is 5.75 Å². The normalized spacial score (nSPS) is 16.3. The second-order valence-electron chi connectivity index (χ2n) is 28.8. The number of hydrogen-bond donors (Lipinski definition) is 5. The maximum absolute atomic E-state index is 12.6. The van der Waals surface area contributed by atoms with E-state index in [-0.39, 0.29) is 47.2 Å². The molecule has 4 bridgehead atoms. The summed E-state index contributed by atoms with van der Waals surface area (Å²) in [5.41, 5.74) is 13.4. The SMILES string of the molecule is COc1ccccc1CNS(=O)(=O)c1c(C)cc(C)cc1C.Cc1cc(C)c(S(=O)(=O)NCc2ccccc2Cl)c(C)c1.Cc1cc([N+](=O)[O-])cc(C)c1S(=O)(=O)NCc1ccccn1.Cc1cccc(CNS(=O)(=O)c2c(C)cc(C)cc2C)c1.O=C(CC12CC3CC(CC(C3)C1)C2)Nc1ccc([N+](=O)[O-])cc1. The molecule has 5 N–H and O–H groups in total. The van der Waals surface area contributed by atoms with Crippen LogP contribution >= 0.6 is 11.6 Å². The van der Waals surface area contributed by atoms with Crippen molar-refractivity contribution < 1.29 is 53.0 Å². The molecule has 4 aliphatic carbocycles. The molecule has 0 atom stereocenters. The van der Waals surface area contributed by atoms with Crippen molar-refractivity contribution in [1.29, 1.82) is 0 Å². The third-order valence-corrected chi connectivity index (χ3v) is 26.6. The van der Waals surface area contributed by atoms with E-state index < -0.39 is 49.9 Å². The lowest BCUT2D eigenvalue weighted by Gasteiger charge is -2.56. The molecule has 1 heterocycles. The van der Waals surface area contributed by atoms with E-state index in [0.717, 1.165) is 90.1 Å². The van der Waals surface area contributed by atoms with E-state index in [2.05, 4.69) is 29.2 Å². The van der Waals surface area contributed by atoms with Crippen LogP contribution in [0.15, 0.2) is 190 Å². The monoisotopic (exact) mass is 1580 g/mol. The molecule has 1 amide bonds. The number of rotatable bonds is 22. The Hall–Kier alpha value is -9.09. The number of methoxy groups -OCH3 is 1. The summed E-state index contributed by atoms with van der Waals surface area (Å²) < 4.78 is 116. The molecule has 4 aliphatic rings. The summed E-state index contributed by atoms with van der Waals surface area (Å²) in [7, 11) is -12.8. The first-order valence-corrected chi connectivity index (χ1v) is 41.9. The van der Waals surface area contributed by atoms with Crippen molar-refractivity contribution in [2.45, 2.75) is 174 Å². The molecule has 4 fully saturated rings. The molecule has 109 heavy (non-hydrogen) atoms. The number of carbonyl (C=O) groups is 1. The Morgan fingerprint density at radius 2 is 0.853 bits per heavy atom. The molecule has 27 heteroatoms. The van der Waals surface area contributed by atoms with Gasteiger partial charge in [-0.1, -0.05) is 137 Å². The first kappa shape index (κ1) is 85.5. The van der Waals surface area contributed by atoms with Crippen molar-refractivity contribution in [3.8, 4) is 5.75 Å². The van der Waals surface area contributed by atoms with Crippen molar-refractivity contribution in [2.24, 2.45) is 23.2 Å². The first-order chi connectivity index (χ1) is 51.3. The van der Waals surface area contributed by atoms with E-state index in [1.54, 1.807) is 55.8 Å². The van der Waals surface area contributed by atoms with Gasteiger partial charge in [0.05, 0.1) is 48.8 Å². The highest BCUT2D eigenvalue weighted by atomic mass is 35.5. The van der Waals surface area contributed by atoms with Gasteiger partial charge in [-0.15, -0.1) is 0 Å². The number of nitrogens with zero attached hydrogens (tertiary/aromatic N) is 3. The van der Waals surface area contributed by atoms with Crippen molar-refractivity contribution in [3.63, 3.8) is 0 Å². The molecule has 22 nitrogen and oxygen atoms in total. The lowest BCUT2D eigenvalue weighted by atomic mass is 9.49. The summed E-state index contributed by atoms with van der Waals surface area (Å²) in [6.45, 7) is 22.6. The summed E-state index contributed by atoms with van der Waals surface area (Å²) in [5.74, 6) is 3.25. The summed E-state index contributed by atoms with van der Waals surface area (Å²) in [4.78, 5) is 38.2. The second-order valence-corrected chi connectivity index (χ2v) is 36.0. The van der Waals surface area contributed by atoms with Crippen molar-refractivity contribution in [2.75, 3.05) is 12.4 Å². The number of pyridine rings is 1. The topological polar surface area (TPSA) is 322 Å². The Morgan fingerprint density at radius 1 is 0.459 bits per heavy atom. The number of aryl methyl sites for hydroxylation is 12. The van der Waals surface area contributed by atoms with Crippen LogP contribution in [0.3, 0.4) is 0 Å². The number of ether oxygens (including phenoxy) is 1. The van der Waals surface area contributed by atoms with Gasteiger partial charge >= 0.3 is 0 Å². The van der Waals surface area contributed by atoms with E-state index in [1.165, 1.54) is 76.6 Å². The molecule has 0 saturated heterocycles. The fourth-order valence-electron chi connectivity index (χ4n) is 15.7. The minimum atomic E-state index is -3.77. The third kappa shape index (κ3) is 23.5. The van der Waals surface area contributed by atoms with Crippen LogP contribution in [0.25, 0.3) is 0 Å². The van der Waals surface area contributed by atoms with Gasteiger partial charge in [0.25, 0.3) is 11.4 Å². The van der Waals surface area contributed by atoms with Crippen LogP contribution in [0.5, 0.6) is 5.75 Å². The average molecular weight is 1580 g/mol.